The van der Waals surface area contributed by atoms with Crippen LogP contribution >= 0.6 is 0 Å². The Morgan fingerprint density at radius 2 is 1.75 bits per heavy atom. The first-order chi connectivity index (χ1) is 13.7. The zero-order valence-electron chi connectivity index (χ0n) is 15.3. The lowest BCUT2D eigenvalue weighted by Crippen LogP contribution is -2.27. The van der Waals surface area contributed by atoms with Gasteiger partial charge in [0.1, 0.15) is 12.4 Å². The molecule has 4 rings (SSSR count). The second-order valence-corrected chi connectivity index (χ2v) is 6.41. The van der Waals surface area contributed by atoms with E-state index in [2.05, 4.69) is 39.6 Å². The van der Waals surface area contributed by atoms with Crippen LogP contribution in [0.5, 0.6) is 5.75 Å². The molecule has 0 saturated carbocycles. The number of fused-ring (bicyclic) bond motifs is 3. The Kier molecular flexibility index (Phi) is 4.80. The normalized spacial score (nSPS) is 12.2. The summed E-state index contributed by atoms with van der Waals surface area (Å²) in [5.41, 5.74) is 4.25. The van der Waals surface area contributed by atoms with Gasteiger partial charge in [-0.15, -0.1) is 0 Å². The minimum atomic E-state index is -0.569. The number of H-pyrrole nitrogens is 1. The van der Waals surface area contributed by atoms with E-state index in [0.717, 1.165) is 11.1 Å². The fraction of sp³-hybridized carbons (Fsp3) is 0.190. The number of hydrogen-bond donors (Lipinski definition) is 2. The number of methoxy groups -OCH3 is 1. The number of hydrogen-bond acceptors (Lipinski definition) is 5. The number of aromatic nitrogens is 2. The van der Waals surface area contributed by atoms with Gasteiger partial charge in [-0.1, -0.05) is 48.5 Å². The summed E-state index contributed by atoms with van der Waals surface area (Å²) in [6.07, 6.45) is 0.744. The van der Waals surface area contributed by atoms with Gasteiger partial charge >= 0.3 is 6.09 Å². The molecule has 7 nitrogen and oxygen atoms in total. The summed E-state index contributed by atoms with van der Waals surface area (Å²) in [7, 11) is 1.39. The van der Waals surface area contributed by atoms with Crippen molar-refractivity contribution in [3.8, 4) is 16.9 Å². The van der Waals surface area contributed by atoms with E-state index in [1.165, 1.54) is 24.4 Å². The number of nitrogens with one attached hydrogen (secondary N) is 2. The second kappa shape index (κ2) is 7.56. The summed E-state index contributed by atoms with van der Waals surface area (Å²) >= 11 is 0. The van der Waals surface area contributed by atoms with Crippen LogP contribution < -0.4 is 15.6 Å². The molecule has 0 bridgehead atoms. The molecule has 0 saturated heterocycles. The van der Waals surface area contributed by atoms with E-state index >= 15 is 0 Å². The summed E-state index contributed by atoms with van der Waals surface area (Å²) < 4.78 is 10.3. The first-order valence-corrected chi connectivity index (χ1v) is 8.88. The quantitative estimate of drug-likeness (QED) is 0.713. The number of benzene rings is 2. The van der Waals surface area contributed by atoms with Crippen molar-refractivity contribution in [3.05, 3.63) is 82.0 Å². The van der Waals surface area contributed by atoms with E-state index in [4.69, 9.17) is 9.47 Å². The van der Waals surface area contributed by atoms with E-state index in [9.17, 15) is 9.59 Å². The topological polar surface area (TPSA) is 93.3 Å². The molecule has 2 N–H and O–H groups in total. The maximum absolute atomic E-state index is 12.1. The number of ether oxygens (including phenoxy) is 2. The molecular weight excluding hydrogens is 358 g/mol. The molecule has 0 unspecified atom stereocenters. The number of nitrogens with zero attached hydrogens (tertiary/aromatic N) is 1. The summed E-state index contributed by atoms with van der Waals surface area (Å²) in [5, 5.41) is 2.60. The van der Waals surface area contributed by atoms with E-state index in [1.807, 2.05) is 24.3 Å². The van der Waals surface area contributed by atoms with Crippen LogP contribution in [0.3, 0.4) is 0 Å². The largest absolute Gasteiger partial charge is 0.490 e. The minimum absolute atomic E-state index is 0.00271. The molecule has 7 heteroatoms. The molecule has 2 aromatic carbocycles. The van der Waals surface area contributed by atoms with Crippen LogP contribution in [0.2, 0.25) is 0 Å². The zero-order valence-corrected chi connectivity index (χ0v) is 15.3. The highest BCUT2D eigenvalue weighted by molar-refractivity contribution is 5.79. The monoisotopic (exact) mass is 377 g/mol. The number of amides is 1. The molecule has 3 aromatic rings. The van der Waals surface area contributed by atoms with Crippen molar-refractivity contribution in [2.45, 2.75) is 12.5 Å². The van der Waals surface area contributed by atoms with Crippen molar-refractivity contribution >= 4 is 6.09 Å². The van der Waals surface area contributed by atoms with Gasteiger partial charge in [0.15, 0.2) is 0 Å². The molecule has 1 heterocycles. The van der Waals surface area contributed by atoms with Crippen LogP contribution in [0.1, 0.15) is 22.9 Å². The van der Waals surface area contributed by atoms with Gasteiger partial charge in [0.05, 0.1) is 19.9 Å². The van der Waals surface area contributed by atoms with Crippen molar-refractivity contribution in [1.29, 1.82) is 0 Å². The molecule has 142 valence electrons. The Labute approximate surface area is 161 Å². The van der Waals surface area contributed by atoms with Gasteiger partial charge < -0.3 is 19.8 Å². The van der Waals surface area contributed by atoms with Crippen LogP contribution in [0.4, 0.5) is 4.79 Å². The molecule has 1 amide bonds. The van der Waals surface area contributed by atoms with Crippen LogP contribution in [0, 0.1) is 0 Å². The van der Waals surface area contributed by atoms with Crippen LogP contribution in [0.25, 0.3) is 11.1 Å². The lowest BCUT2D eigenvalue weighted by Gasteiger charge is -2.14. The number of alkyl carbamates (subject to hydrolysis) is 1. The molecule has 0 radical (unpaired) electrons. The summed E-state index contributed by atoms with van der Waals surface area (Å²) in [5.74, 6) is 0.432. The van der Waals surface area contributed by atoms with Crippen molar-refractivity contribution in [1.82, 2.24) is 15.3 Å². The van der Waals surface area contributed by atoms with Crippen molar-refractivity contribution < 1.29 is 14.3 Å². The lowest BCUT2D eigenvalue weighted by atomic mass is 9.98. The van der Waals surface area contributed by atoms with Gasteiger partial charge in [0, 0.05) is 5.92 Å². The summed E-state index contributed by atoms with van der Waals surface area (Å²) in [6.45, 7) is 0.280. The van der Waals surface area contributed by atoms with Gasteiger partial charge in [-0.2, -0.15) is 0 Å². The third-order valence-electron chi connectivity index (χ3n) is 4.78. The maximum Gasteiger partial charge on any atom is 0.407 e. The predicted molar refractivity (Wildman–Crippen MR) is 103 cm³/mol. The lowest BCUT2D eigenvalue weighted by molar-refractivity contribution is 0.142. The van der Waals surface area contributed by atoms with Gasteiger partial charge in [0.25, 0.3) is 5.56 Å². The molecular formula is C21H19N3O4. The third kappa shape index (κ3) is 3.34. The number of carbonyl (C=O) groups excluding carboxylic acids is 1. The Balaban J connectivity index is 1.40. The van der Waals surface area contributed by atoms with Crippen LogP contribution in [0.15, 0.2) is 59.5 Å². The Morgan fingerprint density at radius 3 is 2.36 bits per heavy atom. The highest BCUT2D eigenvalue weighted by atomic mass is 16.5. The molecule has 0 atom stereocenters. The number of rotatable bonds is 5. The number of aromatic amines is 1. The molecule has 0 fully saturated rings. The average Bonchev–Trinajstić information content (AvgIpc) is 3.05. The zero-order chi connectivity index (χ0) is 19.5. The molecule has 1 aromatic heterocycles. The Bertz CT molecular complexity index is 1030. The van der Waals surface area contributed by atoms with E-state index < -0.39 is 11.7 Å². The second-order valence-electron chi connectivity index (χ2n) is 6.41. The van der Waals surface area contributed by atoms with Gasteiger partial charge in [0.2, 0.25) is 5.75 Å². The first-order valence-electron chi connectivity index (χ1n) is 8.88. The summed E-state index contributed by atoms with van der Waals surface area (Å²) in [6, 6.07) is 16.3. The molecule has 28 heavy (non-hydrogen) atoms. The SMILES string of the molecule is COc1cnc(CNC(=O)OCC2c3ccccc3-c3ccccc32)[nH]c1=O. The van der Waals surface area contributed by atoms with Crippen molar-refractivity contribution in [3.63, 3.8) is 0 Å². The Morgan fingerprint density at radius 1 is 1.11 bits per heavy atom. The molecule has 0 spiro atoms. The van der Waals surface area contributed by atoms with Crippen LogP contribution in [-0.2, 0) is 11.3 Å². The standard InChI is InChI=1S/C21H19N3O4/c1-27-18-10-22-19(24-20(18)25)11-23-21(26)28-12-17-15-8-4-2-6-13(15)14-7-3-5-9-16(14)17/h2-10,17H,11-12H2,1H3,(H,23,26)(H,22,24,25). The van der Waals surface area contributed by atoms with Crippen molar-refractivity contribution in [2.75, 3.05) is 13.7 Å². The predicted octanol–water partition coefficient (Wildman–Crippen LogP) is 2.82. The average molecular weight is 377 g/mol. The summed E-state index contributed by atoms with van der Waals surface area (Å²) in [4.78, 5) is 30.4. The van der Waals surface area contributed by atoms with E-state index in [0.29, 0.717) is 5.82 Å². The third-order valence-corrected chi connectivity index (χ3v) is 4.78. The van der Waals surface area contributed by atoms with Crippen LogP contribution in [-0.4, -0.2) is 29.8 Å². The van der Waals surface area contributed by atoms with E-state index in [1.54, 1.807) is 0 Å². The fourth-order valence-electron chi connectivity index (χ4n) is 3.46. The van der Waals surface area contributed by atoms with Gasteiger partial charge in [-0.25, -0.2) is 9.78 Å². The van der Waals surface area contributed by atoms with Crippen molar-refractivity contribution in [2.24, 2.45) is 0 Å². The molecule has 0 aliphatic heterocycles. The smallest absolute Gasteiger partial charge is 0.407 e. The van der Waals surface area contributed by atoms with E-state index in [-0.39, 0.29) is 24.8 Å². The van der Waals surface area contributed by atoms with Gasteiger partial charge in [-0.3, -0.25) is 4.79 Å². The molecule has 1 aliphatic carbocycles. The Hall–Kier alpha value is -3.61. The highest BCUT2D eigenvalue weighted by Crippen LogP contribution is 2.44. The maximum atomic E-state index is 12.1. The highest BCUT2D eigenvalue weighted by Gasteiger charge is 2.28. The minimum Gasteiger partial charge on any atom is -0.490 e. The van der Waals surface area contributed by atoms with Gasteiger partial charge in [-0.05, 0) is 22.3 Å². The first kappa shape index (κ1) is 17.8. The fourth-order valence-corrected chi connectivity index (χ4v) is 3.46. The molecule has 1 aliphatic rings. The number of carbonyl (C=O) groups is 1.